The third-order valence-electron chi connectivity index (χ3n) is 8.74. The van der Waals surface area contributed by atoms with E-state index in [9.17, 15) is 22.8 Å². The maximum absolute atomic E-state index is 14.1. The predicted molar refractivity (Wildman–Crippen MR) is 177 cm³/mol. The van der Waals surface area contributed by atoms with Crippen molar-refractivity contribution in [3.63, 3.8) is 0 Å². The zero-order valence-corrected chi connectivity index (χ0v) is 29.3. The van der Waals surface area contributed by atoms with E-state index in [0.717, 1.165) is 45.7 Å². The molecule has 0 aromatic rings. The number of piperazine rings is 1. The maximum atomic E-state index is 14.1. The van der Waals surface area contributed by atoms with Crippen LogP contribution in [0, 0.1) is 11.3 Å². The van der Waals surface area contributed by atoms with E-state index in [2.05, 4.69) is 14.9 Å². The quantitative estimate of drug-likeness (QED) is 0.101. The number of likely N-dealkylation sites (N-methyl/N-ethyl adjacent to an activating group) is 1. The van der Waals surface area contributed by atoms with E-state index in [1.54, 1.807) is 14.8 Å². The van der Waals surface area contributed by atoms with E-state index in [4.69, 9.17) is 25.8 Å². The molecule has 18 nitrogen and oxygen atoms in total. The van der Waals surface area contributed by atoms with Crippen LogP contribution in [0.2, 0.25) is 0 Å². The molecule has 0 aromatic heterocycles. The number of ether oxygens (including phenoxy) is 1. The number of hydrogen-bond acceptors (Lipinski definition) is 10. The minimum atomic E-state index is -4.08. The molecule has 4 rings (SSSR count). The van der Waals surface area contributed by atoms with Crippen molar-refractivity contribution < 1.29 is 37.4 Å². The summed E-state index contributed by atoms with van der Waals surface area (Å²) < 4.78 is 35.7. The lowest BCUT2D eigenvalue weighted by atomic mass is 9.98. The van der Waals surface area contributed by atoms with Crippen molar-refractivity contribution in [1.29, 1.82) is 5.41 Å². The number of nitrogens with two attached hydrogens (primary N) is 1. The fourth-order valence-corrected chi connectivity index (χ4v) is 7.31. The number of nitrogens with zero attached hydrogens (tertiary/aromatic N) is 6. The molecule has 2 atom stereocenters. The zero-order valence-electron chi connectivity index (χ0n) is 28.4. The van der Waals surface area contributed by atoms with E-state index >= 15 is 0 Å². The average molecular weight is 703 g/mol. The molecule has 48 heavy (non-hydrogen) atoms. The summed E-state index contributed by atoms with van der Waals surface area (Å²) in [5.74, 6) is -1.77. The molecular formula is C29H54N10O8S. The molecule has 0 aromatic carbocycles. The van der Waals surface area contributed by atoms with E-state index in [1.165, 1.54) is 11.2 Å². The van der Waals surface area contributed by atoms with Crippen LogP contribution in [-0.4, -0.2) is 177 Å². The van der Waals surface area contributed by atoms with Gasteiger partial charge < -0.3 is 35.6 Å². The van der Waals surface area contributed by atoms with E-state index in [0.29, 0.717) is 32.7 Å². The standard InChI is InChI=1S/C27H50N10O6S.C2H4O2/c1-21(38)37(34-10-8-32(2)9-11-34)13-12-36(23-5-6-23)26(40)24(31-44(41,42)35-14-16-43-17-15-35)18-25(39)30-19-22-4-3-7-33(20-22)27(28)29;1-2(3)4/h22-24,31H,3-20H2,1-2H3,(H3,28,29)(H,30,39);1H3,(H,3,4)/t22-,24-;/m0./s1. The van der Waals surface area contributed by atoms with Crippen molar-refractivity contribution in [1.82, 2.24) is 39.1 Å². The third kappa shape index (κ3) is 12.7. The summed E-state index contributed by atoms with van der Waals surface area (Å²) in [6, 6.07) is -1.38. The summed E-state index contributed by atoms with van der Waals surface area (Å²) in [5.41, 5.74) is 5.65. The lowest BCUT2D eigenvalue weighted by Gasteiger charge is -2.40. The van der Waals surface area contributed by atoms with Crippen molar-refractivity contribution in [3.05, 3.63) is 0 Å². The summed E-state index contributed by atoms with van der Waals surface area (Å²) in [7, 11) is -2.04. The first-order valence-electron chi connectivity index (χ1n) is 16.6. The van der Waals surface area contributed by atoms with E-state index in [-0.39, 0.29) is 69.6 Å². The smallest absolute Gasteiger partial charge is 0.300 e. The van der Waals surface area contributed by atoms with Gasteiger partial charge in [-0.25, -0.2) is 5.01 Å². The monoisotopic (exact) mass is 702 g/mol. The van der Waals surface area contributed by atoms with Gasteiger partial charge in [0.2, 0.25) is 17.7 Å². The first kappa shape index (κ1) is 39.3. The lowest BCUT2D eigenvalue weighted by Crippen LogP contribution is -2.58. The van der Waals surface area contributed by atoms with Gasteiger partial charge >= 0.3 is 0 Å². The summed E-state index contributed by atoms with van der Waals surface area (Å²) in [6.45, 7) is 8.54. The third-order valence-corrected chi connectivity index (χ3v) is 10.4. The average Bonchev–Trinajstić information content (AvgIpc) is 3.88. The number of aliphatic carboxylic acids is 1. The number of carbonyl (C=O) groups is 4. The molecule has 3 heterocycles. The van der Waals surface area contributed by atoms with Gasteiger partial charge in [-0.2, -0.15) is 17.4 Å². The Morgan fingerprint density at radius 3 is 2.19 bits per heavy atom. The van der Waals surface area contributed by atoms with Crippen molar-refractivity contribution in [3.8, 4) is 0 Å². The van der Waals surface area contributed by atoms with Crippen LogP contribution in [-0.2, 0) is 34.1 Å². The first-order valence-corrected chi connectivity index (χ1v) is 18.0. The van der Waals surface area contributed by atoms with Gasteiger partial charge in [0.05, 0.1) is 26.2 Å². The Hall–Kier alpha value is -3.10. The largest absolute Gasteiger partial charge is 0.481 e. The molecule has 274 valence electrons. The summed E-state index contributed by atoms with van der Waals surface area (Å²) in [4.78, 5) is 54.4. The molecule has 1 aliphatic carbocycles. The van der Waals surface area contributed by atoms with Crippen LogP contribution in [0.1, 0.15) is 46.0 Å². The molecule has 19 heteroatoms. The van der Waals surface area contributed by atoms with Gasteiger partial charge in [-0.05, 0) is 38.6 Å². The fraction of sp³-hybridized carbons (Fsp3) is 0.828. The van der Waals surface area contributed by atoms with Gasteiger partial charge in [0.25, 0.3) is 16.2 Å². The highest BCUT2D eigenvalue weighted by molar-refractivity contribution is 7.87. The summed E-state index contributed by atoms with van der Waals surface area (Å²) in [5, 5.41) is 21.7. The van der Waals surface area contributed by atoms with Gasteiger partial charge in [0.15, 0.2) is 5.96 Å². The highest BCUT2D eigenvalue weighted by atomic mass is 32.2. The molecule has 0 bridgehead atoms. The minimum Gasteiger partial charge on any atom is -0.481 e. The minimum absolute atomic E-state index is 0.000311. The Morgan fingerprint density at radius 1 is 1.00 bits per heavy atom. The van der Waals surface area contributed by atoms with Crippen molar-refractivity contribution in [2.45, 2.75) is 58.0 Å². The molecular weight excluding hydrogens is 648 g/mol. The van der Waals surface area contributed by atoms with Crippen LogP contribution in [0.5, 0.6) is 0 Å². The SMILES string of the molecule is CC(=O)N(CCN(C(=O)[C@H](CC(=O)NC[C@@H]1CCCN(C(=N)N)C1)NS(=O)(=O)N1CCOCC1)C1CC1)N1CCN(C)CC1.CC(=O)O. The van der Waals surface area contributed by atoms with Crippen molar-refractivity contribution in [2.24, 2.45) is 11.7 Å². The van der Waals surface area contributed by atoms with E-state index in [1.807, 2.05) is 12.1 Å². The summed E-state index contributed by atoms with van der Waals surface area (Å²) in [6.07, 6.45) is 2.92. The Bertz CT molecular complexity index is 1220. The number of likely N-dealkylation sites (tertiary alicyclic amines) is 1. The van der Waals surface area contributed by atoms with Gasteiger partial charge in [-0.15, -0.1) is 0 Å². The van der Waals surface area contributed by atoms with Crippen LogP contribution >= 0.6 is 0 Å². The molecule has 3 aliphatic heterocycles. The van der Waals surface area contributed by atoms with Gasteiger partial charge in [-0.1, -0.05) is 0 Å². The van der Waals surface area contributed by atoms with E-state index < -0.39 is 34.0 Å². The molecule has 4 aliphatic rings. The first-order chi connectivity index (χ1) is 22.7. The van der Waals surface area contributed by atoms with Crippen LogP contribution in [0.4, 0.5) is 0 Å². The predicted octanol–water partition coefficient (Wildman–Crippen LogP) is -2.27. The Kier molecular flexibility index (Phi) is 15.2. The Labute approximate surface area is 283 Å². The second-order valence-electron chi connectivity index (χ2n) is 12.7. The van der Waals surface area contributed by atoms with Crippen LogP contribution in [0.3, 0.4) is 0 Å². The number of carboxylic acids is 1. The molecule has 0 spiro atoms. The summed E-state index contributed by atoms with van der Waals surface area (Å²) >= 11 is 0. The number of piperidine rings is 1. The number of carbonyl (C=O) groups excluding carboxylic acids is 3. The number of morpholine rings is 1. The van der Waals surface area contributed by atoms with Crippen LogP contribution < -0.4 is 15.8 Å². The van der Waals surface area contributed by atoms with Crippen LogP contribution in [0.15, 0.2) is 0 Å². The number of hydrogen-bond donors (Lipinski definition) is 5. The second kappa shape index (κ2) is 18.6. The number of rotatable bonds is 13. The number of nitrogens with one attached hydrogen (secondary N) is 3. The number of amides is 3. The molecule has 0 radical (unpaired) electrons. The van der Waals surface area contributed by atoms with Gasteiger partial charge in [0, 0.05) is 85.3 Å². The normalized spacial score (nSPS) is 21.7. The number of guanidine groups is 1. The lowest BCUT2D eigenvalue weighted by molar-refractivity contribution is -0.152. The molecule has 4 fully saturated rings. The van der Waals surface area contributed by atoms with Crippen molar-refractivity contribution >= 4 is 39.9 Å². The molecule has 6 N–H and O–H groups in total. The fourth-order valence-electron chi connectivity index (χ4n) is 5.98. The van der Waals surface area contributed by atoms with Crippen LogP contribution in [0.25, 0.3) is 0 Å². The topological polar surface area (TPSA) is 225 Å². The van der Waals surface area contributed by atoms with Crippen molar-refractivity contribution in [2.75, 3.05) is 92.3 Å². The Morgan fingerprint density at radius 2 is 1.62 bits per heavy atom. The number of hydrazine groups is 1. The van der Waals surface area contributed by atoms with Gasteiger partial charge in [-0.3, -0.25) is 29.6 Å². The maximum Gasteiger partial charge on any atom is 0.300 e. The Balaban J connectivity index is 0.00000148. The molecule has 3 saturated heterocycles. The number of carboxylic acid groups (broad SMARTS) is 1. The second-order valence-corrected chi connectivity index (χ2v) is 14.4. The van der Waals surface area contributed by atoms with Gasteiger partial charge in [0.1, 0.15) is 6.04 Å². The zero-order chi connectivity index (χ0) is 35.4. The molecule has 3 amide bonds. The molecule has 0 unspecified atom stereocenters. The molecule has 1 saturated carbocycles. The highest BCUT2D eigenvalue weighted by Gasteiger charge is 2.40. The highest BCUT2D eigenvalue weighted by Crippen LogP contribution is 2.28.